The minimum absolute atomic E-state index is 0.000130. The number of rotatable bonds is 1. The van der Waals surface area contributed by atoms with Crippen molar-refractivity contribution in [2.45, 2.75) is 58.1 Å². The van der Waals surface area contributed by atoms with Gasteiger partial charge in [-0.15, -0.1) is 0 Å². The quantitative estimate of drug-likeness (QED) is 0.667. The smallest absolute Gasteiger partial charge is 0.410 e. The predicted molar refractivity (Wildman–Crippen MR) is 58.7 cm³/mol. The van der Waals surface area contributed by atoms with Gasteiger partial charge in [0, 0.05) is 12.6 Å². The number of hydrogen-bond acceptors (Lipinski definition) is 2. The molecule has 0 aromatic carbocycles. The molecule has 0 radical (unpaired) electrons. The van der Waals surface area contributed by atoms with Gasteiger partial charge in [-0.3, -0.25) is 0 Å². The molecule has 1 amide bonds. The van der Waals surface area contributed by atoms with Crippen molar-refractivity contribution in [2.75, 3.05) is 6.54 Å². The van der Waals surface area contributed by atoms with Crippen LogP contribution < -0.4 is 0 Å². The first-order chi connectivity index (χ1) is 7.18. The summed E-state index contributed by atoms with van der Waals surface area (Å²) in [6.07, 6.45) is 6.17. The topological polar surface area (TPSA) is 29.5 Å². The molecule has 2 unspecified atom stereocenters. The summed E-state index contributed by atoms with van der Waals surface area (Å²) in [6, 6.07) is 0.477. The Hall–Kier alpha value is -0.730. The molecule has 15 heavy (non-hydrogen) atoms. The van der Waals surface area contributed by atoms with Gasteiger partial charge in [0.25, 0.3) is 0 Å². The zero-order valence-corrected chi connectivity index (χ0v) is 9.74. The molecule has 1 aliphatic heterocycles. The Morgan fingerprint density at radius 2 is 2.00 bits per heavy atom. The molecule has 2 fully saturated rings. The lowest BCUT2D eigenvalue weighted by molar-refractivity contribution is 0.0653. The molecule has 0 aromatic rings. The van der Waals surface area contributed by atoms with Crippen LogP contribution in [-0.4, -0.2) is 29.7 Å². The van der Waals surface area contributed by atoms with Gasteiger partial charge < -0.3 is 9.64 Å². The molecule has 1 saturated heterocycles. The lowest BCUT2D eigenvalue weighted by Gasteiger charge is -2.31. The van der Waals surface area contributed by atoms with Gasteiger partial charge >= 0.3 is 6.09 Å². The molecule has 3 nitrogen and oxygen atoms in total. The highest BCUT2D eigenvalue weighted by atomic mass is 16.6. The van der Waals surface area contributed by atoms with Gasteiger partial charge in [-0.25, -0.2) is 4.79 Å². The average Bonchev–Trinajstić information content (AvgIpc) is 2.59. The van der Waals surface area contributed by atoms with E-state index in [2.05, 4.69) is 0 Å². The van der Waals surface area contributed by atoms with Crippen molar-refractivity contribution in [3.8, 4) is 0 Å². The summed E-state index contributed by atoms with van der Waals surface area (Å²) in [6.45, 7) is 4.72. The van der Waals surface area contributed by atoms with E-state index < -0.39 is 0 Å². The van der Waals surface area contributed by atoms with Crippen molar-refractivity contribution < 1.29 is 9.53 Å². The Bertz CT molecular complexity index is 240. The van der Waals surface area contributed by atoms with E-state index in [1.54, 1.807) is 0 Å². The fourth-order valence-electron chi connectivity index (χ4n) is 2.90. The molecule has 3 heteroatoms. The second kappa shape index (κ2) is 4.42. The van der Waals surface area contributed by atoms with Crippen LogP contribution in [0.2, 0.25) is 0 Å². The highest BCUT2D eigenvalue weighted by molar-refractivity contribution is 5.68. The van der Waals surface area contributed by atoms with E-state index in [1.807, 2.05) is 18.7 Å². The average molecular weight is 211 g/mol. The molecule has 0 bridgehead atoms. The first kappa shape index (κ1) is 10.8. The summed E-state index contributed by atoms with van der Waals surface area (Å²) >= 11 is 0. The van der Waals surface area contributed by atoms with Crippen LogP contribution >= 0.6 is 0 Å². The largest absolute Gasteiger partial charge is 0.447 e. The first-order valence-electron chi connectivity index (χ1n) is 6.15. The third-order valence-electron chi connectivity index (χ3n) is 3.58. The van der Waals surface area contributed by atoms with Gasteiger partial charge in [0.15, 0.2) is 0 Å². The molecule has 1 saturated carbocycles. The molecular weight excluding hydrogens is 190 g/mol. The van der Waals surface area contributed by atoms with Gasteiger partial charge in [0.2, 0.25) is 0 Å². The maximum atomic E-state index is 11.8. The lowest BCUT2D eigenvalue weighted by atomic mass is 9.85. The third-order valence-corrected chi connectivity index (χ3v) is 3.58. The van der Waals surface area contributed by atoms with Gasteiger partial charge in [-0.2, -0.15) is 0 Å². The summed E-state index contributed by atoms with van der Waals surface area (Å²) < 4.78 is 5.27. The minimum atomic E-state index is -0.0978. The summed E-state index contributed by atoms with van der Waals surface area (Å²) in [5.41, 5.74) is 0. The Balaban J connectivity index is 1.95. The normalized spacial score (nSPS) is 30.5. The minimum Gasteiger partial charge on any atom is -0.447 e. The second-order valence-electron chi connectivity index (χ2n) is 5.03. The molecule has 2 aliphatic rings. The summed E-state index contributed by atoms with van der Waals surface area (Å²) in [7, 11) is 0. The van der Waals surface area contributed by atoms with E-state index in [0.717, 1.165) is 12.5 Å². The van der Waals surface area contributed by atoms with Crippen LogP contribution in [0.1, 0.15) is 46.0 Å². The van der Waals surface area contributed by atoms with Crippen LogP contribution in [0.25, 0.3) is 0 Å². The van der Waals surface area contributed by atoms with Crippen molar-refractivity contribution in [1.29, 1.82) is 0 Å². The molecule has 86 valence electrons. The number of carbonyl (C=O) groups excluding carboxylic acids is 1. The fourth-order valence-corrected chi connectivity index (χ4v) is 2.90. The molecule has 0 N–H and O–H groups in total. The standard InChI is InChI=1S/C12H21NO2/c1-9(2)15-12(14)13-8-7-10-5-3-4-6-11(10)13/h9-11H,3-8H2,1-2H3. The van der Waals surface area contributed by atoms with Gasteiger partial charge in [0.05, 0.1) is 6.10 Å². The Labute approximate surface area is 91.8 Å². The highest BCUT2D eigenvalue weighted by Gasteiger charge is 2.38. The van der Waals surface area contributed by atoms with E-state index in [1.165, 1.54) is 32.1 Å². The third kappa shape index (κ3) is 2.27. The zero-order chi connectivity index (χ0) is 10.8. The Morgan fingerprint density at radius 3 is 2.73 bits per heavy atom. The predicted octanol–water partition coefficient (Wildman–Crippen LogP) is 2.80. The van der Waals surface area contributed by atoms with E-state index in [0.29, 0.717) is 6.04 Å². The molecule has 0 aromatic heterocycles. The maximum absolute atomic E-state index is 11.8. The summed E-state index contributed by atoms with van der Waals surface area (Å²) in [4.78, 5) is 13.8. The summed E-state index contributed by atoms with van der Waals surface area (Å²) in [5, 5.41) is 0. The molecule has 1 heterocycles. The van der Waals surface area contributed by atoms with Crippen LogP contribution in [0.15, 0.2) is 0 Å². The van der Waals surface area contributed by atoms with Crippen molar-refractivity contribution in [2.24, 2.45) is 5.92 Å². The molecular formula is C12H21NO2. The molecule has 2 rings (SSSR count). The van der Waals surface area contributed by atoms with Crippen molar-refractivity contribution in [3.63, 3.8) is 0 Å². The van der Waals surface area contributed by atoms with Crippen molar-refractivity contribution in [1.82, 2.24) is 4.90 Å². The number of carbonyl (C=O) groups is 1. The lowest BCUT2D eigenvalue weighted by Crippen LogP contribution is -2.40. The monoisotopic (exact) mass is 211 g/mol. The Morgan fingerprint density at radius 1 is 1.27 bits per heavy atom. The van der Waals surface area contributed by atoms with E-state index in [9.17, 15) is 4.79 Å². The summed E-state index contributed by atoms with van der Waals surface area (Å²) in [5.74, 6) is 0.749. The van der Waals surface area contributed by atoms with Crippen LogP contribution in [0.3, 0.4) is 0 Å². The van der Waals surface area contributed by atoms with Crippen LogP contribution in [0.4, 0.5) is 4.79 Å². The highest BCUT2D eigenvalue weighted by Crippen LogP contribution is 2.36. The molecule has 0 spiro atoms. The molecule has 1 aliphatic carbocycles. The van der Waals surface area contributed by atoms with Crippen molar-refractivity contribution >= 4 is 6.09 Å². The number of amides is 1. The van der Waals surface area contributed by atoms with E-state index in [-0.39, 0.29) is 12.2 Å². The maximum Gasteiger partial charge on any atom is 0.410 e. The second-order valence-corrected chi connectivity index (χ2v) is 5.03. The number of ether oxygens (including phenoxy) is 1. The number of likely N-dealkylation sites (tertiary alicyclic amines) is 1. The van der Waals surface area contributed by atoms with Crippen LogP contribution in [0.5, 0.6) is 0 Å². The van der Waals surface area contributed by atoms with Gasteiger partial charge in [0.1, 0.15) is 0 Å². The van der Waals surface area contributed by atoms with Crippen molar-refractivity contribution in [3.05, 3.63) is 0 Å². The van der Waals surface area contributed by atoms with Gasteiger partial charge in [-0.05, 0) is 39.0 Å². The SMILES string of the molecule is CC(C)OC(=O)N1CCC2CCCCC21. The first-order valence-corrected chi connectivity index (χ1v) is 6.15. The van der Waals surface area contributed by atoms with Crippen LogP contribution in [0, 0.1) is 5.92 Å². The van der Waals surface area contributed by atoms with E-state index >= 15 is 0 Å². The van der Waals surface area contributed by atoms with Gasteiger partial charge in [-0.1, -0.05) is 12.8 Å². The number of nitrogens with zero attached hydrogens (tertiary/aromatic N) is 1. The fraction of sp³-hybridized carbons (Fsp3) is 0.917. The number of fused-ring (bicyclic) bond motifs is 1. The molecule has 2 atom stereocenters. The number of hydrogen-bond donors (Lipinski definition) is 0. The Kier molecular flexibility index (Phi) is 3.17. The van der Waals surface area contributed by atoms with E-state index in [4.69, 9.17) is 4.74 Å². The van der Waals surface area contributed by atoms with Crippen LogP contribution in [-0.2, 0) is 4.74 Å². The zero-order valence-electron chi connectivity index (χ0n) is 9.74.